The fraction of sp³-hybridized carbons (Fsp3) is 0.278. The van der Waals surface area contributed by atoms with Gasteiger partial charge in [0, 0.05) is 24.5 Å². The first-order valence-electron chi connectivity index (χ1n) is 8.00. The smallest absolute Gasteiger partial charge is 0.262 e. The molecule has 1 aromatic carbocycles. The molecule has 1 fully saturated rings. The van der Waals surface area contributed by atoms with Crippen LogP contribution in [0.15, 0.2) is 42.7 Å². The Labute approximate surface area is 139 Å². The molecular weight excluding hydrogens is 306 g/mol. The number of fused-ring (bicyclic) bond motifs is 1. The fourth-order valence-corrected chi connectivity index (χ4v) is 3.32. The van der Waals surface area contributed by atoms with Crippen molar-refractivity contribution >= 4 is 17.5 Å². The molecule has 1 aromatic heterocycles. The predicted molar refractivity (Wildman–Crippen MR) is 87.8 cm³/mol. The van der Waals surface area contributed by atoms with Crippen LogP contribution in [0.3, 0.4) is 0 Å². The van der Waals surface area contributed by atoms with Crippen molar-refractivity contribution in [3.8, 4) is 5.75 Å². The van der Waals surface area contributed by atoms with Crippen LogP contribution in [0.2, 0.25) is 0 Å². The minimum Gasteiger partial charge on any atom is -0.482 e. The predicted octanol–water partition coefficient (Wildman–Crippen LogP) is 2.39. The lowest BCUT2D eigenvalue weighted by molar-refractivity contribution is -0.118. The molecule has 6 heteroatoms. The van der Waals surface area contributed by atoms with E-state index in [-0.39, 0.29) is 24.5 Å². The quantitative estimate of drug-likeness (QED) is 0.921. The Hall–Kier alpha value is -2.89. The maximum absolute atomic E-state index is 12.9. The highest BCUT2D eigenvalue weighted by Crippen LogP contribution is 2.34. The summed E-state index contributed by atoms with van der Waals surface area (Å²) in [7, 11) is 0. The van der Waals surface area contributed by atoms with Crippen molar-refractivity contribution in [1.82, 2.24) is 9.88 Å². The van der Waals surface area contributed by atoms with E-state index in [1.54, 1.807) is 30.6 Å². The third-order valence-electron chi connectivity index (χ3n) is 4.47. The number of carbonyl (C=O) groups excluding carboxylic acids is 2. The van der Waals surface area contributed by atoms with Gasteiger partial charge in [0.05, 0.1) is 11.7 Å². The van der Waals surface area contributed by atoms with E-state index in [4.69, 9.17) is 4.74 Å². The van der Waals surface area contributed by atoms with Gasteiger partial charge in [-0.1, -0.05) is 0 Å². The molecule has 0 radical (unpaired) electrons. The number of amides is 2. The summed E-state index contributed by atoms with van der Waals surface area (Å²) in [5.74, 6) is 0.344. The number of pyridine rings is 1. The summed E-state index contributed by atoms with van der Waals surface area (Å²) in [5, 5.41) is 2.73. The number of benzene rings is 1. The molecule has 2 aromatic rings. The first kappa shape index (κ1) is 14.7. The molecule has 1 atom stereocenters. The second-order valence-corrected chi connectivity index (χ2v) is 5.98. The Bertz CT molecular complexity index is 791. The molecule has 0 aliphatic carbocycles. The average Bonchev–Trinajstić information content (AvgIpc) is 3.11. The van der Waals surface area contributed by atoms with Gasteiger partial charge in [-0.25, -0.2) is 0 Å². The van der Waals surface area contributed by atoms with Gasteiger partial charge in [-0.05, 0) is 48.7 Å². The molecule has 1 N–H and O–H groups in total. The van der Waals surface area contributed by atoms with Crippen molar-refractivity contribution in [1.29, 1.82) is 0 Å². The topological polar surface area (TPSA) is 71.5 Å². The van der Waals surface area contributed by atoms with Crippen molar-refractivity contribution in [3.63, 3.8) is 0 Å². The number of nitrogens with one attached hydrogen (secondary N) is 1. The van der Waals surface area contributed by atoms with Gasteiger partial charge in [0.1, 0.15) is 5.75 Å². The molecule has 0 bridgehead atoms. The van der Waals surface area contributed by atoms with E-state index < -0.39 is 0 Å². The number of rotatable bonds is 2. The first-order chi connectivity index (χ1) is 11.7. The van der Waals surface area contributed by atoms with Crippen LogP contribution < -0.4 is 10.1 Å². The molecule has 2 aliphatic rings. The summed E-state index contributed by atoms with van der Waals surface area (Å²) in [5.41, 5.74) is 2.29. The molecule has 1 saturated heterocycles. The molecular formula is C18H17N3O3. The highest BCUT2D eigenvalue weighted by atomic mass is 16.5. The van der Waals surface area contributed by atoms with Crippen molar-refractivity contribution in [3.05, 3.63) is 53.9 Å². The summed E-state index contributed by atoms with van der Waals surface area (Å²) in [6.45, 7) is 0.717. The van der Waals surface area contributed by atoms with E-state index in [0.29, 0.717) is 17.0 Å². The first-order valence-corrected chi connectivity index (χ1v) is 8.00. The number of aromatic nitrogens is 1. The minimum atomic E-state index is -0.182. The van der Waals surface area contributed by atoms with Crippen LogP contribution in [0.25, 0.3) is 0 Å². The summed E-state index contributed by atoms with van der Waals surface area (Å²) < 4.78 is 5.41. The summed E-state index contributed by atoms with van der Waals surface area (Å²) >= 11 is 0. The Balaban J connectivity index is 1.60. The van der Waals surface area contributed by atoms with E-state index >= 15 is 0 Å². The van der Waals surface area contributed by atoms with Gasteiger partial charge in [-0.15, -0.1) is 0 Å². The number of nitrogens with zero attached hydrogens (tertiary/aromatic N) is 2. The molecule has 6 nitrogen and oxygen atoms in total. The van der Waals surface area contributed by atoms with Gasteiger partial charge in [-0.2, -0.15) is 0 Å². The average molecular weight is 323 g/mol. The van der Waals surface area contributed by atoms with Gasteiger partial charge in [0.2, 0.25) is 0 Å². The molecule has 0 spiro atoms. The lowest BCUT2D eigenvalue weighted by atomic mass is 10.1. The third kappa shape index (κ3) is 2.60. The van der Waals surface area contributed by atoms with Crippen LogP contribution in [0.1, 0.15) is 34.8 Å². The minimum absolute atomic E-state index is 0.0161. The molecule has 2 aliphatic heterocycles. The molecule has 4 rings (SSSR count). The standard InChI is InChI=1S/C18H17N3O3/c22-17-11-24-16-10-13(3-4-14(16)20-17)18(23)21-9-1-2-15(21)12-5-7-19-8-6-12/h3-8,10,15H,1-2,9,11H2,(H,20,22)/t15-/m0/s1. The fourth-order valence-electron chi connectivity index (χ4n) is 3.32. The molecule has 24 heavy (non-hydrogen) atoms. The van der Waals surface area contributed by atoms with Gasteiger partial charge in [0.25, 0.3) is 11.8 Å². The van der Waals surface area contributed by atoms with Crippen LogP contribution in [0, 0.1) is 0 Å². The number of hydrogen-bond donors (Lipinski definition) is 1. The van der Waals surface area contributed by atoms with E-state index in [9.17, 15) is 9.59 Å². The van der Waals surface area contributed by atoms with Crippen molar-refractivity contribution < 1.29 is 14.3 Å². The maximum Gasteiger partial charge on any atom is 0.262 e. The molecule has 122 valence electrons. The highest BCUT2D eigenvalue weighted by molar-refractivity contribution is 5.99. The van der Waals surface area contributed by atoms with Gasteiger partial charge in [0.15, 0.2) is 6.61 Å². The number of anilines is 1. The van der Waals surface area contributed by atoms with Crippen LogP contribution in [0.4, 0.5) is 5.69 Å². The molecule has 0 unspecified atom stereocenters. The van der Waals surface area contributed by atoms with Crippen molar-refractivity contribution in [2.45, 2.75) is 18.9 Å². The van der Waals surface area contributed by atoms with Gasteiger partial charge >= 0.3 is 0 Å². The van der Waals surface area contributed by atoms with E-state index in [1.807, 2.05) is 17.0 Å². The highest BCUT2D eigenvalue weighted by Gasteiger charge is 2.31. The third-order valence-corrected chi connectivity index (χ3v) is 4.47. The van der Waals surface area contributed by atoms with Gasteiger partial charge < -0.3 is 15.0 Å². The molecule has 3 heterocycles. The lowest BCUT2D eigenvalue weighted by Gasteiger charge is -2.26. The maximum atomic E-state index is 12.9. The van der Waals surface area contributed by atoms with E-state index in [2.05, 4.69) is 10.3 Å². The van der Waals surface area contributed by atoms with Crippen molar-refractivity contribution in [2.24, 2.45) is 0 Å². The Morgan fingerprint density at radius 3 is 2.92 bits per heavy atom. The normalized spacial score (nSPS) is 19.4. The lowest BCUT2D eigenvalue weighted by Crippen LogP contribution is -2.31. The second-order valence-electron chi connectivity index (χ2n) is 5.98. The Morgan fingerprint density at radius 2 is 2.08 bits per heavy atom. The van der Waals surface area contributed by atoms with Crippen molar-refractivity contribution in [2.75, 3.05) is 18.5 Å². The van der Waals surface area contributed by atoms with Gasteiger partial charge in [-0.3, -0.25) is 14.6 Å². The summed E-state index contributed by atoms with van der Waals surface area (Å²) in [4.78, 5) is 30.2. The summed E-state index contributed by atoms with van der Waals surface area (Å²) in [6, 6.07) is 9.16. The van der Waals surface area contributed by atoms with Crippen LogP contribution in [-0.2, 0) is 4.79 Å². The molecule has 2 amide bonds. The number of ether oxygens (including phenoxy) is 1. The second kappa shape index (κ2) is 5.96. The summed E-state index contributed by atoms with van der Waals surface area (Å²) in [6.07, 6.45) is 5.45. The Kier molecular flexibility index (Phi) is 3.65. The zero-order valence-corrected chi connectivity index (χ0v) is 13.1. The number of carbonyl (C=O) groups is 2. The Morgan fingerprint density at radius 1 is 1.25 bits per heavy atom. The van der Waals surface area contributed by atoms with E-state index in [0.717, 1.165) is 24.9 Å². The van der Waals surface area contributed by atoms with E-state index in [1.165, 1.54) is 0 Å². The van der Waals surface area contributed by atoms with Crippen LogP contribution >= 0.6 is 0 Å². The molecule has 0 saturated carbocycles. The zero-order chi connectivity index (χ0) is 16.5. The van der Waals surface area contributed by atoms with Crippen LogP contribution in [0.5, 0.6) is 5.75 Å². The number of likely N-dealkylation sites (tertiary alicyclic amines) is 1. The largest absolute Gasteiger partial charge is 0.482 e. The monoisotopic (exact) mass is 323 g/mol. The SMILES string of the molecule is O=C1COc2cc(C(=O)N3CCC[C@H]3c3ccncc3)ccc2N1. The zero-order valence-electron chi connectivity index (χ0n) is 13.1. The van der Waals surface area contributed by atoms with Crippen LogP contribution in [-0.4, -0.2) is 34.8 Å². The number of hydrogen-bond acceptors (Lipinski definition) is 4.